The van der Waals surface area contributed by atoms with Crippen LogP contribution >= 0.6 is 0 Å². The van der Waals surface area contributed by atoms with Gasteiger partial charge in [0, 0.05) is 6.04 Å². The molecule has 31 heavy (non-hydrogen) atoms. The number of nitrogens with one attached hydrogen (secondary N) is 1. The molecular formula is C23H34BN3O4. The molecule has 2 aromatic rings. The SMILES string of the molecule is C[C@H]1CCC(c2nc3ccc(B4OC(C)(C)C(C)(C)O4)cc3[nH]2)N1C(=O)OC(C)(C)C. The van der Waals surface area contributed by atoms with Gasteiger partial charge in [0.1, 0.15) is 11.4 Å². The van der Waals surface area contributed by atoms with Crippen molar-refractivity contribution in [3.05, 3.63) is 24.0 Å². The lowest BCUT2D eigenvalue weighted by atomic mass is 9.79. The van der Waals surface area contributed by atoms with Gasteiger partial charge in [-0.3, -0.25) is 4.90 Å². The van der Waals surface area contributed by atoms with Crippen molar-refractivity contribution < 1.29 is 18.8 Å². The van der Waals surface area contributed by atoms with Crippen LogP contribution in [-0.2, 0) is 14.0 Å². The molecule has 0 radical (unpaired) electrons. The van der Waals surface area contributed by atoms with Crippen LogP contribution in [0.2, 0.25) is 0 Å². The van der Waals surface area contributed by atoms with E-state index in [1.807, 2.05) is 71.6 Å². The minimum absolute atomic E-state index is 0.105. The minimum atomic E-state index is -0.532. The third-order valence-electron chi connectivity index (χ3n) is 6.64. The first-order chi connectivity index (χ1) is 14.3. The van der Waals surface area contributed by atoms with Gasteiger partial charge in [0.05, 0.1) is 28.3 Å². The quantitative estimate of drug-likeness (QED) is 0.723. The molecule has 0 saturated carbocycles. The smallest absolute Gasteiger partial charge is 0.444 e. The molecule has 2 fully saturated rings. The van der Waals surface area contributed by atoms with Crippen molar-refractivity contribution in [3.8, 4) is 0 Å². The Morgan fingerprint density at radius 1 is 1.19 bits per heavy atom. The molecule has 0 bridgehead atoms. The summed E-state index contributed by atoms with van der Waals surface area (Å²) in [5.74, 6) is 0.788. The number of imidazole rings is 1. The molecule has 1 unspecified atom stereocenters. The Morgan fingerprint density at radius 2 is 1.84 bits per heavy atom. The summed E-state index contributed by atoms with van der Waals surface area (Å²) in [5, 5.41) is 0. The maximum atomic E-state index is 12.8. The van der Waals surface area contributed by atoms with Crippen LogP contribution in [0, 0.1) is 0 Å². The van der Waals surface area contributed by atoms with Crippen molar-refractivity contribution in [2.24, 2.45) is 0 Å². The van der Waals surface area contributed by atoms with Crippen LogP contribution in [0.15, 0.2) is 18.2 Å². The van der Waals surface area contributed by atoms with Crippen molar-refractivity contribution in [3.63, 3.8) is 0 Å². The first-order valence-corrected chi connectivity index (χ1v) is 11.1. The molecule has 2 aliphatic heterocycles. The Morgan fingerprint density at radius 3 is 2.45 bits per heavy atom. The molecule has 1 aromatic carbocycles. The second-order valence-corrected chi connectivity index (χ2v) is 10.8. The monoisotopic (exact) mass is 427 g/mol. The van der Waals surface area contributed by atoms with Crippen LogP contribution in [-0.4, -0.2) is 50.9 Å². The van der Waals surface area contributed by atoms with E-state index in [4.69, 9.17) is 19.0 Å². The molecular weight excluding hydrogens is 393 g/mol. The van der Waals surface area contributed by atoms with Crippen LogP contribution in [0.5, 0.6) is 0 Å². The number of aromatic nitrogens is 2. The summed E-state index contributed by atoms with van der Waals surface area (Å²) in [6.45, 7) is 15.9. The van der Waals surface area contributed by atoms with E-state index in [1.165, 1.54) is 0 Å². The highest BCUT2D eigenvalue weighted by atomic mass is 16.7. The lowest BCUT2D eigenvalue weighted by molar-refractivity contribution is 0.00578. The van der Waals surface area contributed by atoms with E-state index in [0.29, 0.717) is 0 Å². The van der Waals surface area contributed by atoms with Gasteiger partial charge in [-0.25, -0.2) is 9.78 Å². The normalized spacial score (nSPS) is 25.4. The first kappa shape index (κ1) is 22.2. The summed E-state index contributed by atoms with van der Waals surface area (Å²) < 4.78 is 18.0. The topological polar surface area (TPSA) is 76.7 Å². The molecule has 2 saturated heterocycles. The summed E-state index contributed by atoms with van der Waals surface area (Å²) in [5.41, 5.74) is 1.41. The predicted octanol–water partition coefficient (Wildman–Crippen LogP) is 4.32. The molecule has 2 atom stereocenters. The van der Waals surface area contributed by atoms with E-state index < -0.39 is 12.7 Å². The van der Waals surface area contributed by atoms with Crippen LogP contribution < -0.4 is 5.46 Å². The molecule has 168 valence electrons. The number of benzene rings is 1. The molecule has 3 heterocycles. The van der Waals surface area contributed by atoms with E-state index >= 15 is 0 Å². The fourth-order valence-corrected chi connectivity index (χ4v) is 4.21. The van der Waals surface area contributed by atoms with Crippen LogP contribution in [0.3, 0.4) is 0 Å². The largest absolute Gasteiger partial charge is 0.494 e. The summed E-state index contributed by atoms with van der Waals surface area (Å²) in [6.07, 6.45) is 1.48. The maximum absolute atomic E-state index is 12.8. The van der Waals surface area contributed by atoms with Crippen molar-refractivity contribution in [1.29, 1.82) is 0 Å². The Kier molecular flexibility index (Phi) is 5.17. The van der Waals surface area contributed by atoms with Crippen molar-refractivity contribution in [2.45, 2.75) is 97.1 Å². The van der Waals surface area contributed by atoms with Gasteiger partial charge in [-0.1, -0.05) is 6.07 Å². The standard InChI is InChI=1S/C23H34BN3O4/c1-14-9-12-18(27(14)20(28)29-21(2,3)4)19-25-16-11-10-15(13-17(16)26-19)24-30-22(5,6)23(7,8)31-24/h10-11,13-14,18H,9,12H2,1-8H3,(H,25,26)/t14-,18?/m0/s1. The highest BCUT2D eigenvalue weighted by Crippen LogP contribution is 2.38. The first-order valence-electron chi connectivity index (χ1n) is 11.1. The van der Waals surface area contributed by atoms with E-state index in [9.17, 15) is 4.79 Å². The van der Waals surface area contributed by atoms with Gasteiger partial charge in [-0.2, -0.15) is 0 Å². The molecule has 1 N–H and O–H groups in total. The number of aromatic amines is 1. The molecule has 1 amide bonds. The van der Waals surface area contributed by atoms with Crippen LogP contribution in [0.25, 0.3) is 11.0 Å². The fraction of sp³-hybridized carbons (Fsp3) is 0.652. The number of nitrogens with zero attached hydrogens (tertiary/aromatic N) is 2. The third-order valence-corrected chi connectivity index (χ3v) is 6.64. The molecule has 1 aromatic heterocycles. The lowest BCUT2D eigenvalue weighted by Gasteiger charge is -2.32. The van der Waals surface area contributed by atoms with E-state index in [0.717, 1.165) is 35.2 Å². The van der Waals surface area contributed by atoms with E-state index in [1.54, 1.807) is 0 Å². The molecule has 7 nitrogen and oxygen atoms in total. The van der Waals surface area contributed by atoms with Gasteiger partial charge in [0.15, 0.2) is 0 Å². The Labute approximate surface area is 185 Å². The molecule has 0 spiro atoms. The number of H-pyrrole nitrogens is 1. The number of carbonyl (C=O) groups excluding carboxylic acids is 1. The van der Waals surface area contributed by atoms with Crippen molar-refractivity contribution >= 4 is 29.7 Å². The van der Waals surface area contributed by atoms with Gasteiger partial charge in [-0.05, 0) is 85.8 Å². The number of likely N-dealkylation sites (tertiary alicyclic amines) is 1. The minimum Gasteiger partial charge on any atom is -0.444 e. The van der Waals surface area contributed by atoms with Gasteiger partial charge in [0.25, 0.3) is 0 Å². The van der Waals surface area contributed by atoms with Crippen LogP contribution in [0.1, 0.15) is 80.1 Å². The van der Waals surface area contributed by atoms with Gasteiger partial charge >= 0.3 is 13.2 Å². The molecule has 0 aliphatic carbocycles. The number of fused-ring (bicyclic) bond motifs is 1. The third kappa shape index (κ3) is 4.07. The van der Waals surface area contributed by atoms with Crippen molar-refractivity contribution in [2.75, 3.05) is 0 Å². The zero-order valence-electron chi connectivity index (χ0n) is 19.9. The summed E-state index contributed by atoms with van der Waals surface area (Å²) >= 11 is 0. The number of hydrogen-bond acceptors (Lipinski definition) is 5. The molecule has 2 aliphatic rings. The summed E-state index contributed by atoms with van der Waals surface area (Å²) in [7, 11) is -0.425. The fourth-order valence-electron chi connectivity index (χ4n) is 4.21. The van der Waals surface area contributed by atoms with Gasteiger partial charge in [-0.15, -0.1) is 0 Å². The second-order valence-electron chi connectivity index (χ2n) is 10.8. The van der Waals surface area contributed by atoms with Crippen molar-refractivity contribution in [1.82, 2.24) is 14.9 Å². The highest BCUT2D eigenvalue weighted by molar-refractivity contribution is 6.62. The Hall–Kier alpha value is -2.06. The van der Waals surface area contributed by atoms with E-state index in [-0.39, 0.29) is 29.4 Å². The average molecular weight is 427 g/mol. The number of rotatable bonds is 2. The second kappa shape index (κ2) is 7.24. The summed E-state index contributed by atoms with van der Waals surface area (Å²) in [4.78, 5) is 22.9. The zero-order chi connectivity index (χ0) is 22.8. The Balaban J connectivity index is 1.60. The molecule has 8 heteroatoms. The lowest BCUT2D eigenvalue weighted by Crippen LogP contribution is -2.41. The van der Waals surface area contributed by atoms with E-state index in [2.05, 4.69) is 11.9 Å². The number of hydrogen-bond donors (Lipinski definition) is 1. The maximum Gasteiger partial charge on any atom is 0.494 e. The number of ether oxygens (including phenoxy) is 1. The van der Waals surface area contributed by atoms with Gasteiger partial charge < -0.3 is 19.0 Å². The predicted molar refractivity (Wildman–Crippen MR) is 121 cm³/mol. The number of carbonyl (C=O) groups is 1. The number of amides is 1. The summed E-state index contributed by atoms with van der Waals surface area (Å²) in [6, 6.07) is 5.99. The molecule has 4 rings (SSSR count). The average Bonchev–Trinajstić information content (AvgIpc) is 3.26. The van der Waals surface area contributed by atoms with Gasteiger partial charge in [0.2, 0.25) is 0 Å². The zero-order valence-corrected chi connectivity index (χ0v) is 19.9. The Bertz CT molecular complexity index is 978. The van der Waals surface area contributed by atoms with Crippen LogP contribution in [0.4, 0.5) is 4.79 Å². The highest BCUT2D eigenvalue weighted by Gasteiger charge is 2.51.